The Hall–Kier alpha value is -2.70. The Balaban J connectivity index is 1.69. The topological polar surface area (TPSA) is 76.1 Å². The Bertz CT molecular complexity index is 924. The lowest BCUT2D eigenvalue weighted by Crippen LogP contribution is -2.35. The van der Waals surface area contributed by atoms with Crippen molar-refractivity contribution in [2.45, 2.75) is 0 Å². The number of aliphatic hydroxyl groups is 1. The van der Waals surface area contributed by atoms with E-state index in [9.17, 15) is 14.7 Å². The van der Waals surface area contributed by atoms with Crippen molar-refractivity contribution in [1.82, 2.24) is 4.90 Å². The average molecular weight is 408 g/mol. The molecule has 27 heavy (non-hydrogen) atoms. The average Bonchev–Trinajstić information content (AvgIpc) is 2.86. The van der Waals surface area contributed by atoms with Gasteiger partial charge in [0.25, 0.3) is 11.8 Å². The van der Waals surface area contributed by atoms with Gasteiger partial charge in [-0.1, -0.05) is 29.3 Å². The third-order valence-electron chi connectivity index (χ3n) is 3.99. The molecule has 3 rings (SSSR count). The highest BCUT2D eigenvalue weighted by Gasteiger charge is 2.39. The number of benzene rings is 2. The van der Waals surface area contributed by atoms with Crippen LogP contribution >= 0.6 is 23.2 Å². The molecule has 1 aliphatic rings. The van der Waals surface area contributed by atoms with Crippen LogP contribution in [0.3, 0.4) is 0 Å². The van der Waals surface area contributed by atoms with Crippen molar-refractivity contribution in [3.8, 4) is 11.5 Å². The smallest absolute Gasteiger partial charge is 0.296 e. The van der Waals surface area contributed by atoms with E-state index >= 15 is 0 Å². The Labute approximate surface area is 165 Å². The first-order valence-electron chi connectivity index (χ1n) is 7.94. The highest BCUT2D eigenvalue weighted by molar-refractivity contribution is 6.40. The molecule has 0 aliphatic carbocycles. The monoisotopic (exact) mass is 407 g/mol. The SMILES string of the molecule is COc1ccc(OCCN2C(=O)C(O)=C(c3ccc(Cl)cc3Cl)C2=O)cc1. The van der Waals surface area contributed by atoms with E-state index in [1.807, 2.05) is 0 Å². The molecule has 0 atom stereocenters. The van der Waals surface area contributed by atoms with Gasteiger partial charge >= 0.3 is 0 Å². The van der Waals surface area contributed by atoms with Crippen molar-refractivity contribution < 1.29 is 24.2 Å². The van der Waals surface area contributed by atoms with Crippen molar-refractivity contribution in [3.05, 3.63) is 63.8 Å². The Morgan fingerprint density at radius 3 is 2.30 bits per heavy atom. The van der Waals surface area contributed by atoms with Crippen LogP contribution in [0.1, 0.15) is 5.56 Å². The van der Waals surface area contributed by atoms with Crippen LogP contribution in [0.25, 0.3) is 5.57 Å². The predicted octanol–water partition coefficient (Wildman–Crippen LogP) is 3.72. The lowest BCUT2D eigenvalue weighted by Gasteiger charge is -2.15. The summed E-state index contributed by atoms with van der Waals surface area (Å²) in [5, 5.41) is 10.7. The Morgan fingerprint density at radius 1 is 1.00 bits per heavy atom. The van der Waals surface area contributed by atoms with Gasteiger partial charge in [0.15, 0.2) is 5.76 Å². The molecular weight excluding hydrogens is 393 g/mol. The van der Waals surface area contributed by atoms with Gasteiger partial charge in [-0.05, 0) is 36.4 Å². The van der Waals surface area contributed by atoms with E-state index in [-0.39, 0.29) is 29.3 Å². The zero-order valence-corrected chi connectivity index (χ0v) is 15.8. The van der Waals surface area contributed by atoms with E-state index in [4.69, 9.17) is 32.7 Å². The van der Waals surface area contributed by atoms with Crippen LogP contribution in [0.15, 0.2) is 48.2 Å². The van der Waals surface area contributed by atoms with E-state index in [0.29, 0.717) is 16.5 Å². The molecule has 8 heteroatoms. The van der Waals surface area contributed by atoms with Gasteiger partial charge in [0, 0.05) is 10.6 Å². The summed E-state index contributed by atoms with van der Waals surface area (Å²) >= 11 is 11.9. The molecule has 1 aliphatic heterocycles. The quantitative estimate of drug-likeness (QED) is 0.738. The van der Waals surface area contributed by atoms with Gasteiger partial charge in [-0.25, -0.2) is 0 Å². The van der Waals surface area contributed by atoms with E-state index < -0.39 is 17.6 Å². The van der Waals surface area contributed by atoms with Gasteiger partial charge in [0.1, 0.15) is 18.1 Å². The molecule has 0 aromatic heterocycles. The Morgan fingerprint density at radius 2 is 1.67 bits per heavy atom. The summed E-state index contributed by atoms with van der Waals surface area (Å²) in [4.78, 5) is 25.8. The summed E-state index contributed by atoms with van der Waals surface area (Å²) in [5.74, 6) is -0.827. The number of amides is 2. The van der Waals surface area contributed by atoms with Gasteiger partial charge in [-0.15, -0.1) is 0 Å². The van der Waals surface area contributed by atoms with Crippen molar-refractivity contribution in [1.29, 1.82) is 0 Å². The predicted molar refractivity (Wildman–Crippen MR) is 101 cm³/mol. The van der Waals surface area contributed by atoms with Crippen LogP contribution in [0, 0.1) is 0 Å². The second-order valence-electron chi connectivity index (χ2n) is 5.63. The normalized spacial score (nSPS) is 14.1. The van der Waals surface area contributed by atoms with Crippen LogP contribution in [-0.2, 0) is 9.59 Å². The number of carbonyl (C=O) groups excluding carboxylic acids is 2. The summed E-state index contributed by atoms with van der Waals surface area (Å²) < 4.78 is 10.6. The van der Waals surface area contributed by atoms with Crippen LogP contribution in [0.2, 0.25) is 10.0 Å². The molecule has 6 nitrogen and oxygen atoms in total. The maximum absolute atomic E-state index is 12.6. The fourth-order valence-electron chi connectivity index (χ4n) is 2.63. The maximum Gasteiger partial charge on any atom is 0.296 e. The molecule has 0 radical (unpaired) electrons. The van der Waals surface area contributed by atoms with Crippen LogP contribution < -0.4 is 9.47 Å². The first-order valence-corrected chi connectivity index (χ1v) is 8.69. The van der Waals surface area contributed by atoms with E-state index in [1.165, 1.54) is 18.2 Å². The van der Waals surface area contributed by atoms with E-state index in [0.717, 1.165) is 4.90 Å². The summed E-state index contributed by atoms with van der Waals surface area (Å²) in [7, 11) is 1.56. The molecule has 0 unspecified atom stereocenters. The minimum absolute atomic E-state index is 0.0253. The zero-order valence-electron chi connectivity index (χ0n) is 14.2. The molecule has 0 saturated carbocycles. The molecule has 2 aromatic carbocycles. The first-order chi connectivity index (χ1) is 12.9. The fraction of sp³-hybridized carbons (Fsp3) is 0.158. The molecular formula is C19H15Cl2NO5. The standard InChI is InChI=1S/C19H15Cl2NO5/c1-26-12-3-5-13(6-4-12)27-9-8-22-18(24)16(17(23)19(22)25)14-7-2-11(20)10-15(14)21/h2-7,10,23H,8-9H2,1H3. The molecule has 2 aromatic rings. The molecule has 0 saturated heterocycles. The minimum atomic E-state index is -0.792. The molecule has 0 spiro atoms. The number of imide groups is 1. The number of carbonyl (C=O) groups is 2. The van der Waals surface area contributed by atoms with Gasteiger partial charge in [-0.3, -0.25) is 14.5 Å². The van der Waals surface area contributed by atoms with Gasteiger partial charge < -0.3 is 14.6 Å². The van der Waals surface area contributed by atoms with Gasteiger partial charge in [0.05, 0.1) is 24.3 Å². The van der Waals surface area contributed by atoms with Crippen LogP contribution in [0.5, 0.6) is 11.5 Å². The molecule has 140 valence electrons. The molecule has 0 fully saturated rings. The molecule has 2 amide bonds. The molecule has 0 bridgehead atoms. The number of ether oxygens (including phenoxy) is 2. The Kier molecular flexibility index (Phi) is 5.58. The van der Waals surface area contributed by atoms with Crippen molar-refractivity contribution in [2.75, 3.05) is 20.3 Å². The summed E-state index contributed by atoms with van der Waals surface area (Å²) in [6, 6.07) is 11.3. The lowest BCUT2D eigenvalue weighted by atomic mass is 10.1. The highest BCUT2D eigenvalue weighted by atomic mass is 35.5. The number of rotatable bonds is 6. The summed E-state index contributed by atoms with van der Waals surface area (Å²) in [6.45, 7) is 0.0428. The fourth-order valence-corrected chi connectivity index (χ4v) is 3.13. The second-order valence-corrected chi connectivity index (χ2v) is 6.48. The van der Waals surface area contributed by atoms with E-state index in [1.54, 1.807) is 31.4 Å². The van der Waals surface area contributed by atoms with E-state index in [2.05, 4.69) is 0 Å². The summed E-state index contributed by atoms with van der Waals surface area (Å²) in [6.07, 6.45) is 0. The van der Waals surface area contributed by atoms with Crippen LogP contribution in [0.4, 0.5) is 0 Å². The minimum Gasteiger partial charge on any atom is -0.502 e. The third kappa shape index (κ3) is 3.86. The number of halogens is 2. The lowest BCUT2D eigenvalue weighted by molar-refractivity contribution is -0.138. The highest BCUT2D eigenvalue weighted by Crippen LogP contribution is 2.33. The second kappa shape index (κ2) is 7.90. The molecule has 1 N–H and O–H groups in total. The first kappa shape index (κ1) is 19.1. The largest absolute Gasteiger partial charge is 0.502 e. The number of aliphatic hydroxyl groups excluding tert-OH is 1. The van der Waals surface area contributed by atoms with Gasteiger partial charge in [0.2, 0.25) is 0 Å². The summed E-state index contributed by atoms with van der Waals surface area (Å²) in [5.41, 5.74) is 0.0987. The number of hydrogen-bond acceptors (Lipinski definition) is 5. The van der Waals surface area contributed by atoms with Crippen LogP contribution in [-0.4, -0.2) is 42.1 Å². The maximum atomic E-state index is 12.6. The van der Waals surface area contributed by atoms with Gasteiger partial charge in [-0.2, -0.15) is 0 Å². The molecule has 1 heterocycles. The number of nitrogens with zero attached hydrogens (tertiary/aromatic N) is 1. The number of methoxy groups -OCH3 is 1. The van der Waals surface area contributed by atoms with Crippen molar-refractivity contribution in [2.24, 2.45) is 0 Å². The number of hydrogen-bond donors (Lipinski definition) is 1. The van der Waals surface area contributed by atoms with Crippen molar-refractivity contribution in [3.63, 3.8) is 0 Å². The zero-order chi connectivity index (χ0) is 19.6. The van der Waals surface area contributed by atoms with Crippen molar-refractivity contribution >= 4 is 40.6 Å². The third-order valence-corrected chi connectivity index (χ3v) is 4.53.